The third-order valence-corrected chi connectivity index (χ3v) is 6.44. The van der Waals surface area contributed by atoms with Gasteiger partial charge in [-0.2, -0.15) is 0 Å². The van der Waals surface area contributed by atoms with Crippen LogP contribution in [0, 0.1) is 0 Å². The fraction of sp³-hybridized carbons (Fsp3) is 0.0625. The average Bonchev–Trinajstić information content (AvgIpc) is 3.32. The number of fused-ring (bicyclic) bond motifs is 1. The zero-order valence-electron chi connectivity index (χ0n) is 20.0. The van der Waals surface area contributed by atoms with E-state index in [-0.39, 0.29) is 0 Å². The van der Waals surface area contributed by atoms with Crippen LogP contribution in [0.2, 0.25) is 0 Å². The van der Waals surface area contributed by atoms with Gasteiger partial charge >= 0.3 is 0 Å². The van der Waals surface area contributed by atoms with Crippen LogP contribution in [0.4, 0.5) is 0 Å². The molecule has 0 amide bonds. The summed E-state index contributed by atoms with van der Waals surface area (Å²) in [5.41, 5.74) is 8.55. The van der Waals surface area contributed by atoms with Gasteiger partial charge in [0.15, 0.2) is 5.65 Å². The Bertz CT molecular complexity index is 1620. The van der Waals surface area contributed by atoms with Gasteiger partial charge in [0.1, 0.15) is 11.6 Å². The molecule has 0 bridgehead atoms. The highest BCUT2D eigenvalue weighted by Gasteiger charge is 2.16. The third-order valence-electron chi connectivity index (χ3n) is 6.44. The van der Waals surface area contributed by atoms with E-state index in [1.54, 1.807) is 7.11 Å². The predicted molar refractivity (Wildman–Crippen MR) is 146 cm³/mol. The van der Waals surface area contributed by atoms with Crippen LogP contribution >= 0.6 is 0 Å². The van der Waals surface area contributed by atoms with Gasteiger partial charge in [0.2, 0.25) is 0 Å². The lowest BCUT2D eigenvalue weighted by molar-refractivity contribution is 0.415. The van der Waals surface area contributed by atoms with Crippen molar-refractivity contribution in [3.05, 3.63) is 127 Å². The van der Waals surface area contributed by atoms with Crippen LogP contribution in [0.1, 0.15) is 5.56 Å². The molecular weight excluding hydrogens is 442 g/mol. The molecule has 0 atom stereocenters. The van der Waals surface area contributed by atoms with Crippen molar-refractivity contribution in [2.45, 2.75) is 6.54 Å². The molecule has 0 aliphatic rings. The Kier molecular flexibility index (Phi) is 5.76. The maximum Gasteiger partial charge on any atom is 0.178 e. The predicted octanol–water partition coefficient (Wildman–Crippen LogP) is 7.49. The maximum absolute atomic E-state index is 5.49. The summed E-state index contributed by atoms with van der Waals surface area (Å²) in [5, 5.41) is 0. The topological polar surface area (TPSA) is 39.9 Å². The second-order valence-corrected chi connectivity index (χ2v) is 8.75. The molecule has 0 aliphatic carbocycles. The van der Waals surface area contributed by atoms with Gasteiger partial charge in [-0.05, 0) is 40.5 Å². The molecule has 2 aromatic heterocycles. The van der Waals surface area contributed by atoms with Crippen molar-refractivity contribution in [1.29, 1.82) is 0 Å². The molecule has 36 heavy (non-hydrogen) atoms. The maximum atomic E-state index is 5.49. The minimum absolute atomic E-state index is 0.679. The average molecular weight is 468 g/mol. The summed E-state index contributed by atoms with van der Waals surface area (Å²) in [7, 11) is 1.68. The summed E-state index contributed by atoms with van der Waals surface area (Å²) in [6.45, 7) is 0.679. The second kappa shape index (κ2) is 9.51. The fourth-order valence-corrected chi connectivity index (χ4v) is 4.55. The molecule has 174 valence electrons. The third kappa shape index (κ3) is 4.25. The normalized spacial score (nSPS) is 11.0. The highest BCUT2D eigenvalue weighted by atomic mass is 16.5. The van der Waals surface area contributed by atoms with Crippen LogP contribution in [0.3, 0.4) is 0 Å². The molecule has 4 nitrogen and oxygen atoms in total. The van der Waals surface area contributed by atoms with E-state index < -0.39 is 0 Å². The smallest absolute Gasteiger partial charge is 0.178 e. The molecule has 4 aromatic carbocycles. The van der Waals surface area contributed by atoms with Crippen molar-refractivity contribution in [2.75, 3.05) is 7.11 Å². The summed E-state index contributed by atoms with van der Waals surface area (Å²) in [5.74, 6) is 1.67. The zero-order chi connectivity index (χ0) is 24.3. The summed E-state index contributed by atoms with van der Waals surface area (Å²) in [4.78, 5) is 9.69. The Morgan fingerprint density at radius 2 is 1.28 bits per heavy atom. The SMILES string of the molecule is COc1cccc(-c2nc3ncc(-c4ccccc4)cc3n2Cc2ccc(-c3ccccc3)cc2)c1. The van der Waals surface area contributed by atoms with Crippen molar-refractivity contribution < 1.29 is 4.74 Å². The van der Waals surface area contributed by atoms with E-state index in [1.165, 1.54) is 16.7 Å². The minimum atomic E-state index is 0.679. The summed E-state index contributed by atoms with van der Waals surface area (Å²) in [6, 6.07) is 39.8. The Morgan fingerprint density at radius 1 is 0.639 bits per heavy atom. The summed E-state index contributed by atoms with van der Waals surface area (Å²) < 4.78 is 7.74. The molecule has 0 fully saturated rings. The minimum Gasteiger partial charge on any atom is -0.497 e. The molecule has 6 aromatic rings. The van der Waals surface area contributed by atoms with Crippen molar-refractivity contribution in [3.63, 3.8) is 0 Å². The van der Waals surface area contributed by atoms with Gasteiger partial charge in [0.05, 0.1) is 12.6 Å². The fourth-order valence-electron chi connectivity index (χ4n) is 4.55. The largest absolute Gasteiger partial charge is 0.497 e. The van der Waals surface area contributed by atoms with Gasteiger partial charge in [-0.3, -0.25) is 0 Å². The monoisotopic (exact) mass is 467 g/mol. The van der Waals surface area contributed by atoms with E-state index in [2.05, 4.69) is 77.4 Å². The van der Waals surface area contributed by atoms with Gasteiger partial charge in [-0.1, -0.05) is 97.1 Å². The molecule has 0 saturated heterocycles. The molecular formula is C32H25N3O. The van der Waals surface area contributed by atoms with Gasteiger partial charge in [0, 0.05) is 23.9 Å². The van der Waals surface area contributed by atoms with Crippen molar-refractivity contribution in [3.8, 4) is 39.4 Å². The molecule has 6 rings (SSSR count). The van der Waals surface area contributed by atoms with Crippen molar-refractivity contribution in [1.82, 2.24) is 14.5 Å². The van der Waals surface area contributed by atoms with Crippen LogP contribution in [0.5, 0.6) is 5.75 Å². The van der Waals surface area contributed by atoms with Gasteiger partial charge in [-0.15, -0.1) is 0 Å². The number of pyridine rings is 1. The van der Waals surface area contributed by atoms with Crippen molar-refractivity contribution in [2.24, 2.45) is 0 Å². The van der Waals surface area contributed by atoms with Crippen LogP contribution in [0.15, 0.2) is 121 Å². The lowest BCUT2D eigenvalue weighted by atomic mass is 10.0. The van der Waals surface area contributed by atoms with Crippen LogP contribution in [-0.4, -0.2) is 21.6 Å². The molecule has 2 heterocycles. The molecule has 0 unspecified atom stereocenters. The Balaban J connectivity index is 1.46. The molecule has 4 heteroatoms. The summed E-state index contributed by atoms with van der Waals surface area (Å²) in [6.07, 6.45) is 1.90. The molecule has 0 N–H and O–H groups in total. The van der Waals surface area contributed by atoms with E-state index >= 15 is 0 Å². The lowest BCUT2D eigenvalue weighted by Crippen LogP contribution is -2.02. The van der Waals surface area contributed by atoms with E-state index in [0.717, 1.165) is 39.4 Å². The first-order chi connectivity index (χ1) is 17.8. The first kappa shape index (κ1) is 21.8. The van der Waals surface area contributed by atoms with E-state index in [1.807, 2.05) is 48.7 Å². The first-order valence-electron chi connectivity index (χ1n) is 12.0. The van der Waals surface area contributed by atoms with Crippen LogP contribution in [0.25, 0.3) is 44.8 Å². The zero-order valence-corrected chi connectivity index (χ0v) is 20.0. The quantitative estimate of drug-likeness (QED) is 0.255. The van der Waals surface area contributed by atoms with Crippen LogP contribution < -0.4 is 4.74 Å². The Morgan fingerprint density at radius 3 is 1.97 bits per heavy atom. The number of rotatable bonds is 6. The highest BCUT2D eigenvalue weighted by molar-refractivity contribution is 5.82. The molecule has 0 aliphatic heterocycles. The van der Waals surface area contributed by atoms with E-state index in [4.69, 9.17) is 14.7 Å². The standard InChI is InChI=1S/C32H25N3O/c1-36-29-14-8-13-27(19-29)32-34-31-30(20-28(21-33-31)25-11-6-3-7-12-25)35(32)22-23-15-17-26(18-16-23)24-9-4-2-5-10-24/h2-21H,22H2,1H3. The number of hydrogen-bond acceptors (Lipinski definition) is 3. The highest BCUT2D eigenvalue weighted by Crippen LogP contribution is 2.30. The van der Waals surface area contributed by atoms with E-state index in [9.17, 15) is 0 Å². The summed E-state index contributed by atoms with van der Waals surface area (Å²) >= 11 is 0. The number of hydrogen-bond donors (Lipinski definition) is 0. The van der Waals surface area contributed by atoms with Gasteiger partial charge in [-0.25, -0.2) is 9.97 Å². The lowest BCUT2D eigenvalue weighted by Gasteiger charge is -2.12. The number of imidazole rings is 1. The number of aromatic nitrogens is 3. The van der Waals surface area contributed by atoms with E-state index in [0.29, 0.717) is 6.54 Å². The molecule has 0 saturated carbocycles. The first-order valence-corrected chi connectivity index (χ1v) is 12.0. The molecule has 0 radical (unpaired) electrons. The Labute approximate surface area is 210 Å². The number of benzene rings is 4. The van der Waals surface area contributed by atoms with Crippen LogP contribution in [-0.2, 0) is 6.54 Å². The Hall–Kier alpha value is -4.70. The number of methoxy groups -OCH3 is 1. The molecule has 0 spiro atoms. The number of nitrogens with zero attached hydrogens (tertiary/aromatic N) is 3. The van der Waals surface area contributed by atoms with Crippen molar-refractivity contribution >= 4 is 11.2 Å². The second-order valence-electron chi connectivity index (χ2n) is 8.75. The van der Waals surface area contributed by atoms with Gasteiger partial charge < -0.3 is 9.30 Å². The number of ether oxygens (including phenoxy) is 1. The van der Waals surface area contributed by atoms with Gasteiger partial charge in [0.25, 0.3) is 0 Å².